The molecule has 0 amide bonds. The lowest BCUT2D eigenvalue weighted by atomic mass is 10.1. The van der Waals surface area contributed by atoms with Gasteiger partial charge in [0.2, 0.25) is 0 Å². The number of hydrogen-bond acceptors (Lipinski definition) is 2. The van der Waals surface area contributed by atoms with Crippen molar-refractivity contribution in [3.63, 3.8) is 0 Å². The molecule has 1 aromatic rings. The van der Waals surface area contributed by atoms with Crippen LogP contribution in [0.25, 0.3) is 0 Å². The Labute approximate surface area is 82.2 Å². The molecule has 0 aromatic heterocycles. The second kappa shape index (κ2) is 3.79. The van der Waals surface area contributed by atoms with Gasteiger partial charge in [0.15, 0.2) is 0 Å². The average molecular weight is 199 g/mol. The summed E-state index contributed by atoms with van der Waals surface area (Å²) in [5.41, 5.74) is 1.54. The Morgan fingerprint density at radius 3 is 2.69 bits per heavy atom. The molecule has 0 spiro atoms. The predicted molar refractivity (Wildman–Crippen MR) is 52.2 cm³/mol. The van der Waals surface area contributed by atoms with Crippen LogP contribution < -0.4 is 0 Å². The summed E-state index contributed by atoms with van der Waals surface area (Å²) in [5.74, 6) is 0.0273. The number of phenols is 1. The molecule has 0 aliphatic rings. The standard InChI is InChI=1S/C10H11ClO2/c1-6-3-8(5-7(2)12)10(13)9(11)4-6/h3-4,13H,5H2,1-2H3. The van der Waals surface area contributed by atoms with Crippen LogP contribution in [-0.2, 0) is 11.2 Å². The fourth-order valence-electron chi connectivity index (χ4n) is 1.21. The molecule has 0 aliphatic carbocycles. The van der Waals surface area contributed by atoms with E-state index in [0.717, 1.165) is 5.56 Å². The van der Waals surface area contributed by atoms with Gasteiger partial charge < -0.3 is 5.11 Å². The number of benzene rings is 1. The number of ketones is 1. The van der Waals surface area contributed by atoms with Crippen LogP contribution in [0.5, 0.6) is 5.75 Å². The summed E-state index contributed by atoms with van der Waals surface area (Å²) >= 11 is 5.74. The van der Waals surface area contributed by atoms with Gasteiger partial charge in [-0.05, 0) is 25.5 Å². The highest BCUT2D eigenvalue weighted by molar-refractivity contribution is 6.32. The van der Waals surface area contributed by atoms with E-state index in [4.69, 9.17) is 11.6 Å². The highest BCUT2D eigenvalue weighted by Crippen LogP contribution is 2.29. The number of Topliss-reactive ketones (excluding diaryl/α,β-unsaturated/α-hetero) is 1. The smallest absolute Gasteiger partial charge is 0.137 e. The zero-order chi connectivity index (χ0) is 10.0. The van der Waals surface area contributed by atoms with Crippen LogP contribution in [0.15, 0.2) is 12.1 Å². The van der Waals surface area contributed by atoms with Gasteiger partial charge in [0, 0.05) is 12.0 Å². The van der Waals surface area contributed by atoms with E-state index in [2.05, 4.69) is 0 Å². The molecule has 0 unspecified atom stereocenters. The molecule has 0 saturated carbocycles. The number of rotatable bonds is 2. The van der Waals surface area contributed by atoms with Crippen molar-refractivity contribution in [2.45, 2.75) is 20.3 Å². The normalized spacial score (nSPS) is 10.1. The summed E-state index contributed by atoms with van der Waals surface area (Å²) in [6.45, 7) is 3.35. The molecular formula is C10H11ClO2. The number of phenolic OH excluding ortho intramolecular Hbond substituents is 1. The maximum absolute atomic E-state index is 10.8. The van der Waals surface area contributed by atoms with Crippen LogP contribution in [-0.4, -0.2) is 10.9 Å². The Morgan fingerprint density at radius 1 is 1.54 bits per heavy atom. The first-order valence-electron chi connectivity index (χ1n) is 3.98. The Morgan fingerprint density at radius 2 is 2.15 bits per heavy atom. The number of halogens is 1. The molecular weight excluding hydrogens is 188 g/mol. The number of aromatic hydroxyl groups is 1. The van der Waals surface area contributed by atoms with Gasteiger partial charge in [-0.3, -0.25) is 4.79 Å². The minimum absolute atomic E-state index is 0.0111. The summed E-state index contributed by atoms with van der Waals surface area (Å²) in [5, 5.41) is 9.79. The minimum Gasteiger partial charge on any atom is -0.506 e. The minimum atomic E-state index is 0.0111. The molecule has 0 saturated heterocycles. The van der Waals surface area contributed by atoms with E-state index in [1.54, 1.807) is 12.1 Å². The molecule has 1 aromatic carbocycles. The Bertz CT molecular complexity index is 345. The van der Waals surface area contributed by atoms with E-state index >= 15 is 0 Å². The highest BCUT2D eigenvalue weighted by atomic mass is 35.5. The molecule has 70 valence electrons. The quantitative estimate of drug-likeness (QED) is 0.793. The van der Waals surface area contributed by atoms with Crippen molar-refractivity contribution in [1.82, 2.24) is 0 Å². The fourth-order valence-corrected chi connectivity index (χ4v) is 1.50. The van der Waals surface area contributed by atoms with Crippen molar-refractivity contribution in [2.24, 2.45) is 0 Å². The zero-order valence-electron chi connectivity index (χ0n) is 7.60. The molecule has 0 radical (unpaired) electrons. The predicted octanol–water partition coefficient (Wildman–Crippen LogP) is 2.49. The van der Waals surface area contributed by atoms with Crippen LogP contribution in [0.1, 0.15) is 18.1 Å². The first kappa shape index (κ1) is 10.1. The van der Waals surface area contributed by atoms with Gasteiger partial charge in [-0.15, -0.1) is 0 Å². The topological polar surface area (TPSA) is 37.3 Å². The summed E-state index contributed by atoms with van der Waals surface area (Å²) in [6, 6.07) is 3.43. The Balaban J connectivity index is 3.12. The third-order valence-corrected chi connectivity index (χ3v) is 2.01. The van der Waals surface area contributed by atoms with E-state index in [1.807, 2.05) is 6.92 Å². The molecule has 3 heteroatoms. The molecule has 1 N–H and O–H groups in total. The summed E-state index contributed by atoms with van der Waals surface area (Å²) in [4.78, 5) is 10.8. The van der Waals surface area contributed by atoms with Crippen LogP contribution in [0.4, 0.5) is 0 Å². The number of aryl methyl sites for hydroxylation is 1. The molecule has 0 aliphatic heterocycles. The number of carbonyl (C=O) groups excluding carboxylic acids is 1. The average Bonchev–Trinajstić information content (AvgIpc) is 1.98. The van der Waals surface area contributed by atoms with Crippen molar-refractivity contribution < 1.29 is 9.90 Å². The van der Waals surface area contributed by atoms with Gasteiger partial charge in [-0.2, -0.15) is 0 Å². The van der Waals surface area contributed by atoms with Gasteiger partial charge in [-0.1, -0.05) is 17.7 Å². The van der Waals surface area contributed by atoms with E-state index in [0.29, 0.717) is 10.6 Å². The van der Waals surface area contributed by atoms with Crippen LogP contribution >= 0.6 is 11.6 Å². The van der Waals surface area contributed by atoms with Crippen molar-refractivity contribution >= 4 is 17.4 Å². The fraction of sp³-hybridized carbons (Fsp3) is 0.300. The molecule has 0 bridgehead atoms. The summed E-state index contributed by atoms with van der Waals surface area (Å²) < 4.78 is 0. The molecule has 0 heterocycles. The monoisotopic (exact) mass is 198 g/mol. The largest absolute Gasteiger partial charge is 0.506 e. The van der Waals surface area contributed by atoms with E-state index in [-0.39, 0.29) is 18.0 Å². The van der Waals surface area contributed by atoms with E-state index in [1.165, 1.54) is 6.92 Å². The molecule has 1 rings (SSSR count). The third-order valence-electron chi connectivity index (χ3n) is 1.73. The van der Waals surface area contributed by atoms with Crippen LogP contribution in [0, 0.1) is 6.92 Å². The first-order chi connectivity index (χ1) is 6.00. The van der Waals surface area contributed by atoms with Gasteiger partial charge in [0.25, 0.3) is 0 Å². The highest BCUT2D eigenvalue weighted by Gasteiger charge is 2.08. The molecule has 13 heavy (non-hydrogen) atoms. The Hall–Kier alpha value is -1.02. The van der Waals surface area contributed by atoms with Gasteiger partial charge in [0.05, 0.1) is 5.02 Å². The molecule has 0 fully saturated rings. The third kappa shape index (κ3) is 2.46. The second-order valence-corrected chi connectivity index (χ2v) is 3.54. The van der Waals surface area contributed by atoms with Crippen molar-refractivity contribution in [2.75, 3.05) is 0 Å². The number of carbonyl (C=O) groups is 1. The van der Waals surface area contributed by atoms with Gasteiger partial charge in [0.1, 0.15) is 11.5 Å². The Kier molecular flexibility index (Phi) is 2.94. The first-order valence-corrected chi connectivity index (χ1v) is 4.36. The molecule has 0 atom stereocenters. The summed E-state index contributed by atoms with van der Waals surface area (Å²) in [6.07, 6.45) is 0.229. The lowest BCUT2D eigenvalue weighted by Gasteiger charge is -2.05. The molecule has 2 nitrogen and oxygen atoms in total. The maximum Gasteiger partial charge on any atom is 0.137 e. The van der Waals surface area contributed by atoms with Crippen molar-refractivity contribution in [3.05, 3.63) is 28.3 Å². The van der Waals surface area contributed by atoms with Crippen molar-refractivity contribution in [1.29, 1.82) is 0 Å². The van der Waals surface area contributed by atoms with Crippen LogP contribution in [0.2, 0.25) is 5.02 Å². The van der Waals surface area contributed by atoms with Crippen LogP contribution in [0.3, 0.4) is 0 Å². The second-order valence-electron chi connectivity index (χ2n) is 3.13. The SMILES string of the molecule is CC(=O)Cc1cc(C)cc(Cl)c1O. The summed E-state index contributed by atoms with van der Waals surface area (Å²) in [7, 11) is 0. The van der Waals surface area contributed by atoms with Gasteiger partial charge in [-0.25, -0.2) is 0 Å². The van der Waals surface area contributed by atoms with E-state index in [9.17, 15) is 9.90 Å². The zero-order valence-corrected chi connectivity index (χ0v) is 8.35. The van der Waals surface area contributed by atoms with E-state index < -0.39 is 0 Å². The lowest BCUT2D eigenvalue weighted by Crippen LogP contribution is -1.97. The van der Waals surface area contributed by atoms with Crippen molar-refractivity contribution in [3.8, 4) is 5.75 Å². The van der Waals surface area contributed by atoms with Gasteiger partial charge >= 0.3 is 0 Å². The number of hydrogen-bond donors (Lipinski definition) is 1. The lowest BCUT2D eigenvalue weighted by molar-refractivity contribution is -0.116. The maximum atomic E-state index is 10.8.